The number of hydroxylamine groups is 2. The Balaban J connectivity index is 1.56. The van der Waals surface area contributed by atoms with E-state index in [1.165, 1.54) is 4.31 Å². The van der Waals surface area contributed by atoms with Crippen LogP contribution < -0.4 is 4.90 Å². The number of amides is 1. The van der Waals surface area contributed by atoms with Crippen LogP contribution in [-0.4, -0.2) is 77.3 Å². The summed E-state index contributed by atoms with van der Waals surface area (Å²) in [5, 5.41) is 10.4. The number of hydrogen-bond acceptors (Lipinski definition) is 7. The topological polar surface area (TPSA) is 107 Å². The number of rotatable bonds is 10. The van der Waals surface area contributed by atoms with E-state index < -0.39 is 16.1 Å². The van der Waals surface area contributed by atoms with Crippen molar-refractivity contribution in [2.45, 2.75) is 25.3 Å². The van der Waals surface area contributed by atoms with Crippen molar-refractivity contribution >= 4 is 38.2 Å². The van der Waals surface area contributed by atoms with Gasteiger partial charge in [0.2, 0.25) is 16.4 Å². The number of carbonyl (C=O) groups is 1. The molecule has 0 saturated carbocycles. The molecular formula is C20H26BrN5O4S. The molecule has 0 aliphatic carbocycles. The Morgan fingerprint density at radius 3 is 2.55 bits per heavy atom. The summed E-state index contributed by atoms with van der Waals surface area (Å²) in [6, 6.07) is 8.58. The first-order valence-electron chi connectivity index (χ1n) is 10.1. The zero-order valence-electron chi connectivity index (χ0n) is 17.0. The Kier molecular flexibility index (Phi) is 8.35. The van der Waals surface area contributed by atoms with Gasteiger partial charge in [-0.25, -0.2) is 18.5 Å². The summed E-state index contributed by atoms with van der Waals surface area (Å²) in [4.78, 5) is 21.7. The molecule has 0 aromatic carbocycles. The Bertz CT molecular complexity index is 938. The van der Waals surface area contributed by atoms with Gasteiger partial charge in [-0.15, -0.1) is 0 Å². The van der Waals surface area contributed by atoms with Crippen LogP contribution in [0.3, 0.4) is 0 Å². The van der Waals surface area contributed by atoms with Gasteiger partial charge in [-0.1, -0.05) is 6.07 Å². The van der Waals surface area contributed by atoms with Crippen molar-refractivity contribution in [3.8, 4) is 0 Å². The lowest BCUT2D eigenvalue weighted by molar-refractivity contribution is -0.158. The van der Waals surface area contributed by atoms with Crippen LogP contribution in [-0.2, 0) is 21.2 Å². The molecule has 1 aliphatic heterocycles. The van der Waals surface area contributed by atoms with E-state index in [9.17, 15) is 18.4 Å². The third-order valence-electron chi connectivity index (χ3n) is 5.25. The van der Waals surface area contributed by atoms with Crippen LogP contribution in [0.1, 0.15) is 18.5 Å². The average molecular weight is 512 g/mol. The molecule has 1 unspecified atom stereocenters. The number of carbonyl (C=O) groups excluding carboxylic acids is 1. The maximum atomic E-state index is 13.0. The highest BCUT2D eigenvalue weighted by Crippen LogP contribution is 2.19. The van der Waals surface area contributed by atoms with Crippen molar-refractivity contribution in [3.05, 3.63) is 52.9 Å². The summed E-state index contributed by atoms with van der Waals surface area (Å²) in [6.45, 7) is 1.70. The molecule has 0 radical (unpaired) electrons. The van der Waals surface area contributed by atoms with Crippen LogP contribution >= 0.6 is 15.9 Å². The number of aromatic nitrogens is 2. The summed E-state index contributed by atoms with van der Waals surface area (Å²) < 4.78 is 28.2. The Morgan fingerprint density at radius 2 is 1.94 bits per heavy atom. The van der Waals surface area contributed by atoms with Gasteiger partial charge in [-0.2, -0.15) is 4.31 Å². The molecule has 0 spiro atoms. The number of aryl methyl sites for hydroxylation is 1. The van der Waals surface area contributed by atoms with E-state index >= 15 is 0 Å². The molecule has 11 heteroatoms. The van der Waals surface area contributed by atoms with Gasteiger partial charge in [0, 0.05) is 48.7 Å². The first kappa shape index (κ1) is 23.6. The van der Waals surface area contributed by atoms with E-state index in [1.807, 2.05) is 35.2 Å². The maximum absolute atomic E-state index is 13.0. The SMILES string of the molecule is O=CN(O)C(CCCc1ccccn1)CS(=O)(=O)N1CCN(c2ccc(Br)cn2)CC1. The minimum absolute atomic E-state index is 0.262. The smallest absolute Gasteiger partial charge is 0.233 e. The highest BCUT2D eigenvalue weighted by molar-refractivity contribution is 9.10. The molecular weight excluding hydrogens is 486 g/mol. The van der Waals surface area contributed by atoms with Gasteiger partial charge in [0.15, 0.2) is 0 Å². The number of nitrogens with zero attached hydrogens (tertiary/aromatic N) is 5. The third-order valence-corrected chi connectivity index (χ3v) is 7.68. The molecule has 1 N–H and O–H groups in total. The fourth-order valence-corrected chi connectivity index (χ4v) is 5.51. The van der Waals surface area contributed by atoms with Crippen molar-refractivity contribution in [1.82, 2.24) is 19.3 Å². The molecule has 3 rings (SSSR count). The van der Waals surface area contributed by atoms with Crippen molar-refractivity contribution in [1.29, 1.82) is 0 Å². The van der Waals surface area contributed by atoms with Gasteiger partial charge in [0.25, 0.3) is 0 Å². The van der Waals surface area contributed by atoms with Gasteiger partial charge in [-0.05, 0) is 59.5 Å². The second-order valence-corrected chi connectivity index (χ2v) is 10.3. The van der Waals surface area contributed by atoms with Crippen LogP contribution in [0.25, 0.3) is 0 Å². The molecule has 3 heterocycles. The second kappa shape index (κ2) is 11.0. The molecule has 168 valence electrons. The van der Waals surface area contributed by atoms with Gasteiger partial charge in [0.1, 0.15) is 5.82 Å². The van der Waals surface area contributed by atoms with Gasteiger partial charge in [-0.3, -0.25) is 15.0 Å². The molecule has 0 bridgehead atoms. The average Bonchev–Trinajstić information content (AvgIpc) is 2.79. The van der Waals surface area contributed by atoms with Crippen LogP contribution in [0, 0.1) is 0 Å². The Labute approximate surface area is 190 Å². The lowest BCUT2D eigenvalue weighted by atomic mass is 10.1. The standard InChI is InChI=1S/C20H26BrN5O4S/c21-17-7-8-20(23-14-17)24-10-12-25(13-11-24)31(29,30)15-19(26(28)16-27)6-3-5-18-4-1-2-9-22-18/h1-2,4,7-9,14,16,19,28H,3,5-6,10-13,15H2. The summed E-state index contributed by atoms with van der Waals surface area (Å²) in [5.74, 6) is 0.483. The normalized spacial score (nSPS) is 16.1. The molecule has 31 heavy (non-hydrogen) atoms. The fourth-order valence-electron chi connectivity index (χ4n) is 3.54. The Morgan fingerprint density at radius 1 is 1.16 bits per heavy atom. The second-order valence-electron chi connectivity index (χ2n) is 7.35. The first-order chi connectivity index (χ1) is 14.9. The van der Waals surface area contributed by atoms with Gasteiger partial charge >= 0.3 is 0 Å². The van der Waals surface area contributed by atoms with Gasteiger partial charge < -0.3 is 4.90 Å². The third kappa shape index (κ3) is 6.70. The molecule has 2 aromatic heterocycles. The van der Waals surface area contributed by atoms with E-state index in [-0.39, 0.29) is 12.2 Å². The predicted molar refractivity (Wildman–Crippen MR) is 120 cm³/mol. The van der Waals surface area contributed by atoms with E-state index in [1.54, 1.807) is 12.4 Å². The quantitative estimate of drug-likeness (QED) is 0.295. The minimum atomic E-state index is -3.64. The van der Waals surface area contributed by atoms with Crippen LogP contribution in [0.4, 0.5) is 5.82 Å². The number of anilines is 1. The van der Waals surface area contributed by atoms with Crippen molar-refractivity contribution in [2.24, 2.45) is 0 Å². The number of halogens is 1. The summed E-state index contributed by atoms with van der Waals surface area (Å²) >= 11 is 3.36. The molecule has 1 atom stereocenters. The van der Waals surface area contributed by atoms with Crippen LogP contribution in [0.15, 0.2) is 47.2 Å². The summed E-state index contributed by atoms with van der Waals surface area (Å²) in [6.07, 6.45) is 5.27. The monoisotopic (exact) mass is 511 g/mol. The number of pyridine rings is 2. The van der Waals surface area contributed by atoms with Crippen molar-refractivity contribution in [3.63, 3.8) is 0 Å². The molecule has 1 fully saturated rings. The fraction of sp³-hybridized carbons (Fsp3) is 0.450. The van der Waals surface area contributed by atoms with Crippen molar-refractivity contribution < 1.29 is 18.4 Å². The minimum Gasteiger partial charge on any atom is -0.354 e. The highest BCUT2D eigenvalue weighted by Gasteiger charge is 2.31. The molecule has 1 aliphatic rings. The number of hydrogen-bond donors (Lipinski definition) is 1. The van der Waals surface area contributed by atoms with Crippen LogP contribution in [0.5, 0.6) is 0 Å². The number of sulfonamides is 1. The zero-order valence-corrected chi connectivity index (χ0v) is 19.4. The van der Waals surface area contributed by atoms with Crippen LogP contribution in [0.2, 0.25) is 0 Å². The summed E-state index contributed by atoms with van der Waals surface area (Å²) in [5.41, 5.74) is 0.886. The molecule has 2 aromatic rings. The predicted octanol–water partition coefficient (Wildman–Crippen LogP) is 1.93. The van der Waals surface area contributed by atoms with E-state index in [0.717, 1.165) is 16.0 Å². The molecule has 1 saturated heterocycles. The zero-order chi connectivity index (χ0) is 22.3. The van der Waals surface area contributed by atoms with Gasteiger partial charge in [0.05, 0.1) is 11.8 Å². The lowest BCUT2D eigenvalue weighted by Gasteiger charge is -2.35. The molecule has 9 nitrogen and oxygen atoms in total. The van der Waals surface area contributed by atoms with E-state index in [0.29, 0.717) is 50.5 Å². The Hall–Kier alpha value is -2.08. The van der Waals surface area contributed by atoms with E-state index in [4.69, 9.17) is 0 Å². The largest absolute Gasteiger partial charge is 0.354 e. The molecule has 1 amide bonds. The highest BCUT2D eigenvalue weighted by atomic mass is 79.9. The first-order valence-corrected chi connectivity index (χ1v) is 12.5. The lowest BCUT2D eigenvalue weighted by Crippen LogP contribution is -2.51. The summed E-state index contributed by atoms with van der Waals surface area (Å²) in [7, 11) is -3.64. The van der Waals surface area contributed by atoms with Crippen molar-refractivity contribution in [2.75, 3.05) is 36.8 Å². The maximum Gasteiger partial charge on any atom is 0.233 e. The van der Waals surface area contributed by atoms with E-state index in [2.05, 4.69) is 25.9 Å². The number of piperazine rings is 1.